The highest BCUT2D eigenvalue weighted by molar-refractivity contribution is 5.86. The van der Waals surface area contributed by atoms with Crippen molar-refractivity contribution in [1.29, 1.82) is 0 Å². The first-order valence-corrected chi connectivity index (χ1v) is 7.36. The van der Waals surface area contributed by atoms with Gasteiger partial charge in [0.25, 0.3) is 0 Å². The van der Waals surface area contributed by atoms with Crippen molar-refractivity contribution < 1.29 is 9.53 Å². The highest BCUT2D eigenvalue weighted by Crippen LogP contribution is 2.31. The van der Waals surface area contributed by atoms with Crippen LogP contribution >= 0.6 is 0 Å². The first-order chi connectivity index (χ1) is 10.1. The van der Waals surface area contributed by atoms with Gasteiger partial charge in [-0.3, -0.25) is 9.78 Å². The van der Waals surface area contributed by atoms with E-state index < -0.39 is 5.54 Å². The van der Waals surface area contributed by atoms with Crippen LogP contribution in [0.3, 0.4) is 0 Å². The molecule has 7 nitrogen and oxygen atoms in total. The van der Waals surface area contributed by atoms with Gasteiger partial charge in [-0.25, -0.2) is 4.98 Å². The molecule has 2 heterocycles. The van der Waals surface area contributed by atoms with Crippen molar-refractivity contribution in [3.05, 3.63) is 18.1 Å². The zero-order chi connectivity index (χ0) is 14.9. The van der Waals surface area contributed by atoms with E-state index in [1.165, 1.54) is 6.20 Å². The molecule has 1 aromatic heterocycles. The minimum atomic E-state index is -0.699. The normalized spacial score (nSPS) is 25.0. The summed E-state index contributed by atoms with van der Waals surface area (Å²) in [6.07, 6.45) is 6.36. The molecular weight excluding hydrogens is 270 g/mol. The molecule has 1 aliphatic heterocycles. The topological polar surface area (TPSA) is 107 Å². The number of nitrogens with zero attached hydrogens (tertiary/aromatic N) is 3. The Bertz CT molecular complexity index is 530. The first-order valence-electron chi connectivity index (χ1n) is 7.36. The summed E-state index contributed by atoms with van der Waals surface area (Å²) < 4.78 is 5.70. The highest BCUT2D eigenvalue weighted by atomic mass is 16.5. The highest BCUT2D eigenvalue weighted by Gasteiger charge is 2.41. The van der Waals surface area contributed by atoms with E-state index in [9.17, 15) is 4.79 Å². The summed E-state index contributed by atoms with van der Waals surface area (Å²) in [6.45, 7) is 1.46. The van der Waals surface area contributed by atoms with Crippen LogP contribution in [0.15, 0.2) is 12.4 Å². The number of amides is 1. The van der Waals surface area contributed by atoms with Gasteiger partial charge in [-0.15, -0.1) is 0 Å². The smallest absolute Gasteiger partial charge is 0.242 e. The van der Waals surface area contributed by atoms with Crippen molar-refractivity contribution in [1.82, 2.24) is 14.9 Å². The molecule has 114 valence electrons. The number of carbonyl (C=O) groups is 1. The van der Waals surface area contributed by atoms with Crippen LogP contribution in [0.1, 0.15) is 37.5 Å². The quantitative estimate of drug-likeness (QED) is 0.807. The Kier molecular flexibility index (Phi) is 3.77. The maximum atomic E-state index is 12.7. The molecule has 1 amide bonds. The molecule has 4 N–H and O–H groups in total. The molecular formula is C14H21N5O2. The fourth-order valence-electron chi connectivity index (χ4n) is 3.14. The summed E-state index contributed by atoms with van der Waals surface area (Å²) in [5.41, 5.74) is 12.0. The lowest BCUT2D eigenvalue weighted by molar-refractivity contribution is -0.144. The number of aromatic nitrogens is 2. The van der Waals surface area contributed by atoms with Crippen LogP contribution in [0, 0.1) is 0 Å². The standard InChI is InChI=1S/C14H21N5O2/c15-12-11(17-5-6-18-12)10-9-19(7-8-21-10)13(20)14(16)3-1-2-4-14/h5-6,10H,1-4,7-9,16H2,(H2,15,18)/t10-/m0/s1. The van der Waals surface area contributed by atoms with E-state index in [-0.39, 0.29) is 12.0 Å². The summed E-state index contributed by atoms with van der Waals surface area (Å²) in [7, 11) is 0. The molecule has 1 saturated carbocycles. The van der Waals surface area contributed by atoms with Crippen molar-refractivity contribution in [3.8, 4) is 0 Å². The molecule has 2 fully saturated rings. The predicted octanol–water partition coefficient (Wildman–Crippen LogP) is 0.230. The average molecular weight is 291 g/mol. The Morgan fingerprint density at radius 1 is 1.33 bits per heavy atom. The first kappa shape index (κ1) is 14.2. The van der Waals surface area contributed by atoms with E-state index in [2.05, 4.69) is 9.97 Å². The molecule has 0 radical (unpaired) electrons. The third-order valence-corrected chi connectivity index (χ3v) is 4.34. The van der Waals surface area contributed by atoms with Crippen molar-refractivity contribution >= 4 is 11.7 Å². The van der Waals surface area contributed by atoms with Gasteiger partial charge in [-0.2, -0.15) is 0 Å². The van der Waals surface area contributed by atoms with E-state index in [0.29, 0.717) is 31.2 Å². The number of ether oxygens (including phenoxy) is 1. The van der Waals surface area contributed by atoms with Crippen LogP contribution in [-0.2, 0) is 9.53 Å². The monoisotopic (exact) mass is 291 g/mol. The van der Waals surface area contributed by atoms with Gasteiger partial charge in [0, 0.05) is 18.9 Å². The lowest BCUT2D eigenvalue weighted by Gasteiger charge is -2.37. The lowest BCUT2D eigenvalue weighted by atomic mass is 9.96. The van der Waals surface area contributed by atoms with Crippen LogP contribution in [0.5, 0.6) is 0 Å². The fourth-order valence-corrected chi connectivity index (χ4v) is 3.14. The number of morpholine rings is 1. The molecule has 1 aliphatic carbocycles. The predicted molar refractivity (Wildman–Crippen MR) is 77.1 cm³/mol. The van der Waals surface area contributed by atoms with Crippen LogP contribution in [0.2, 0.25) is 0 Å². The maximum Gasteiger partial charge on any atom is 0.242 e. The van der Waals surface area contributed by atoms with Crippen molar-refractivity contribution in [2.45, 2.75) is 37.3 Å². The van der Waals surface area contributed by atoms with Gasteiger partial charge < -0.3 is 21.1 Å². The Hall–Kier alpha value is -1.73. The summed E-state index contributed by atoms with van der Waals surface area (Å²) in [5.74, 6) is 0.371. The third kappa shape index (κ3) is 2.71. The molecule has 1 saturated heterocycles. The molecule has 7 heteroatoms. The average Bonchev–Trinajstić information content (AvgIpc) is 2.95. The van der Waals surface area contributed by atoms with Crippen LogP contribution in [-0.4, -0.2) is 46.0 Å². The SMILES string of the molecule is Nc1nccnc1[C@@H]1CN(C(=O)C2(N)CCCC2)CCO1. The molecule has 0 unspecified atom stereocenters. The minimum absolute atomic E-state index is 0.0239. The Labute approximate surface area is 123 Å². The fraction of sp³-hybridized carbons (Fsp3) is 0.643. The molecule has 1 atom stereocenters. The molecule has 3 rings (SSSR count). The van der Waals surface area contributed by atoms with Gasteiger partial charge in [-0.1, -0.05) is 12.8 Å². The summed E-state index contributed by atoms with van der Waals surface area (Å²) in [5, 5.41) is 0. The van der Waals surface area contributed by atoms with Crippen LogP contribution < -0.4 is 11.5 Å². The molecule has 0 aromatic carbocycles. The number of hydrogen-bond donors (Lipinski definition) is 2. The summed E-state index contributed by atoms with van der Waals surface area (Å²) in [6, 6.07) is 0. The Balaban J connectivity index is 1.74. The van der Waals surface area contributed by atoms with E-state index in [1.807, 2.05) is 0 Å². The van der Waals surface area contributed by atoms with Gasteiger partial charge in [0.1, 0.15) is 17.6 Å². The second-order valence-corrected chi connectivity index (χ2v) is 5.80. The Morgan fingerprint density at radius 2 is 2.05 bits per heavy atom. The zero-order valence-electron chi connectivity index (χ0n) is 12.0. The summed E-state index contributed by atoms with van der Waals surface area (Å²) in [4.78, 5) is 22.7. The largest absolute Gasteiger partial charge is 0.382 e. The number of nitrogens with two attached hydrogens (primary N) is 2. The van der Waals surface area contributed by atoms with E-state index in [0.717, 1.165) is 25.7 Å². The van der Waals surface area contributed by atoms with Gasteiger partial charge in [-0.05, 0) is 12.8 Å². The van der Waals surface area contributed by atoms with Gasteiger partial charge in [0.15, 0.2) is 0 Å². The van der Waals surface area contributed by atoms with E-state index in [1.54, 1.807) is 11.1 Å². The van der Waals surface area contributed by atoms with Crippen molar-refractivity contribution in [2.75, 3.05) is 25.4 Å². The van der Waals surface area contributed by atoms with Crippen LogP contribution in [0.25, 0.3) is 0 Å². The minimum Gasteiger partial charge on any atom is -0.382 e. The van der Waals surface area contributed by atoms with E-state index >= 15 is 0 Å². The zero-order valence-corrected chi connectivity index (χ0v) is 12.0. The molecule has 2 aliphatic rings. The van der Waals surface area contributed by atoms with Gasteiger partial charge in [0.2, 0.25) is 5.91 Å². The maximum absolute atomic E-state index is 12.7. The number of nitrogen functional groups attached to an aromatic ring is 1. The lowest BCUT2D eigenvalue weighted by Crippen LogP contribution is -2.56. The second-order valence-electron chi connectivity index (χ2n) is 5.80. The molecule has 1 aromatic rings. The Morgan fingerprint density at radius 3 is 2.76 bits per heavy atom. The molecule has 0 bridgehead atoms. The number of hydrogen-bond acceptors (Lipinski definition) is 6. The van der Waals surface area contributed by atoms with Crippen molar-refractivity contribution in [2.24, 2.45) is 5.73 Å². The van der Waals surface area contributed by atoms with Gasteiger partial charge >= 0.3 is 0 Å². The number of carbonyl (C=O) groups excluding carboxylic acids is 1. The van der Waals surface area contributed by atoms with Crippen LogP contribution in [0.4, 0.5) is 5.82 Å². The summed E-state index contributed by atoms with van der Waals surface area (Å²) >= 11 is 0. The second kappa shape index (κ2) is 5.57. The van der Waals surface area contributed by atoms with Gasteiger partial charge in [0.05, 0.1) is 18.7 Å². The molecule has 0 spiro atoms. The van der Waals surface area contributed by atoms with Crippen molar-refractivity contribution in [3.63, 3.8) is 0 Å². The number of anilines is 1. The third-order valence-electron chi connectivity index (χ3n) is 4.34. The number of rotatable bonds is 2. The van der Waals surface area contributed by atoms with E-state index in [4.69, 9.17) is 16.2 Å². The molecule has 21 heavy (non-hydrogen) atoms.